The molecule has 242 valence electrons. The van der Waals surface area contributed by atoms with Crippen molar-refractivity contribution < 1.29 is 23.6 Å². The molecule has 4 aromatic rings. The molecule has 1 fully saturated rings. The van der Waals surface area contributed by atoms with E-state index in [0.717, 1.165) is 35.2 Å². The molecule has 1 N–H and O–H groups in total. The molecule has 5 rings (SSSR count). The Morgan fingerprint density at radius 2 is 1.70 bits per heavy atom. The van der Waals surface area contributed by atoms with Crippen LogP contribution in [-0.4, -0.2) is 72.0 Å². The number of aromatic nitrogens is 5. The fourth-order valence-corrected chi connectivity index (χ4v) is 4.98. The third kappa shape index (κ3) is 8.99. The van der Waals surface area contributed by atoms with E-state index in [2.05, 4.69) is 30.8 Å². The molecule has 2 aromatic carbocycles. The van der Waals surface area contributed by atoms with Crippen molar-refractivity contribution in [2.45, 2.75) is 84.6 Å². The standard InChI is InChI=1S/C33H40N8O5/c1-32(2,3)44-30(42)35-29(36-31(43)45-33(4,5)6)41-18-10-13-25(41)19-27-34-28(38-46-27)24-16-14-22(15-17-24)20-40-21-26(37-39-40)23-11-8-7-9-12-23/h7-9,11-12,14-17,21,25H,10,13,18-20H2,1-6H3,(H,35,36,42,43)/t25-/m0/s1. The minimum Gasteiger partial charge on any atom is -0.444 e. The number of carbonyl (C=O) groups excluding carboxylic acids is 2. The first kappa shape index (κ1) is 32.3. The van der Waals surface area contributed by atoms with E-state index >= 15 is 0 Å². The molecule has 1 aliphatic rings. The average molecular weight is 629 g/mol. The number of hydrogen-bond donors (Lipinski definition) is 1. The number of nitrogens with zero attached hydrogens (tertiary/aromatic N) is 7. The average Bonchev–Trinajstić information content (AvgIpc) is 3.74. The topological polar surface area (TPSA) is 150 Å². The predicted molar refractivity (Wildman–Crippen MR) is 171 cm³/mol. The summed E-state index contributed by atoms with van der Waals surface area (Å²) in [5.74, 6) is 0.957. The Bertz CT molecular complexity index is 1670. The van der Waals surface area contributed by atoms with Crippen molar-refractivity contribution in [2.75, 3.05) is 6.54 Å². The summed E-state index contributed by atoms with van der Waals surface area (Å²) in [5.41, 5.74) is 2.22. The number of carbonyl (C=O) groups is 2. The van der Waals surface area contributed by atoms with Gasteiger partial charge in [-0.15, -0.1) is 10.1 Å². The van der Waals surface area contributed by atoms with Crippen LogP contribution in [0.5, 0.6) is 0 Å². The quantitative estimate of drug-likeness (QED) is 0.203. The lowest BCUT2D eigenvalue weighted by molar-refractivity contribution is 0.0554. The summed E-state index contributed by atoms with van der Waals surface area (Å²) in [5, 5.41) is 15.4. The molecule has 2 aromatic heterocycles. The predicted octanol–water partition coefficient (Wildman–Crippen LogP) is 5.87. The van der Waals surface area contributed by atoms with E-state index < -0.39 is 23.4 Å². The summed E-state index contributed by atoms with van der Waals surface area (Å²) in [4.78, 5) is 35.9. The van der Waals surface area contributed by atoms with Gasteiger partial charge in [-0.1, -0.05) is 65.0 Å². The lowest BCUT2D eigenvalue weighted by Crippen LogP contribution is -2.49. The molecule has 0 saturated carbocycles. The summed E-state index contributed by atoms with van der Waals surface area (Å²) >= 11 is 0. The van der Waals surface area contributed by atoms with E-state index in [1.165, 1.54) is 0 Å². The van der Waals surface area contributed by atoms with Gasteiger partial charge in [-0.3, -0.25) is 5.32 Å². The van der Waals surface area contributed by atoms with Crippen LogP contribution in [0.4, 0.5) is 9.59 Å². The number of guanidine groups is 1. The van der Waals surface area contributed by atoms with Gasteiger partial charge in [-0.25, -0.2) is 14.3 Å². The molecular weight excluding hydrogens is 588 g/mol. The highest BCUT2D eigenvalue weighted by Crippen LogP contribution is 2.24. The highest BCUT2D eigenvalue weighted by atomic mass is 16.6. The molecule has 0 spiro atoms. The number of amides is 2. The van der Waals surface area contributed by atoms with Crippen molar-refractivity contribution >= 4 is 18.1 Å². The minimum absolute atomic E-state index is 0.0598. The number of likely N-dealkylation sites (tertiary alicyclic amines) is 1. The van der Waals surface area contributed by atoms with E-state index in [1.807, 2.05) is 65.7 Å². The maximum atomic E-state index is 12.7. The van der Waals surface area contributed by atoms with Crippen molar-refractivity contribution in [3.05, 3.63) is 72.2 Å². The van der Waals surface area contributed by atoms with E-state index in [9.17, 15) is 9.59 Å². The lowest BCUT2D eigenvalue weighted by atomic mass is 10.1. The normalized spacial score (nSPS) is 15.6. The fourth-order valence-electron chi connectivity index (χ4n) is 4.98. The largest absolute Gasteiger partial charge is 0.444 e. The van der Waals surface area contributed by atoms with Crippen molar-refractivity contribution in [1.29, 1.82) is 0 Å². The van der Waals surface area contributed by atoms with Crippen LogP contribution in [0.15, 0.2) is 70.3 Å². The number of alkyl carbamates (subject to hydrolysis) is 1. The van der Waals surface area contributed by atoms with Crippen LogP contribution in [0.1, 0.15) is 65.8 Å². The summed E-state index contributed by atoms with van der Waals surface area (Å²) in [6.45, 7) is 11.7. The number of ether oxygens (including phenoxy) is 2. The smallest absolute Gasteiger partial charge is 0.437 e. The Morgan fingerprint density at radius 1 is 0.978 bits per heavy atom. The van der Waals surface area contributed by atoms with Crippen LogP contribution < -0.4 is 5.32 Å². The zero-order chi connectivity index (χ0) is 32.9. The van der Waals surface area contributed by atoms with Crippen molar-refractivity contribution in [3.63, 3.8) is 0 Å². The molecule has 46 heavy (non-hydrogen) atoms. The van der Waals surface area contributed by atoms with Gasteiger partial charge in [0.25, 0.3) is 0 Å². The van der Waals surface area contributed by atoms with Crippen LogP contribution in [0.2, 0.25) is 0 Å². The van der Waals surface area contributed by atoms with Crippen LogP contribution in [0.3, 0.4) is 0 Å². The molecule has 1 saturated heterocycles. The molecule has 3 heterocycles. The van der Waals surface area contributed by atoms with Crippen LogP contribution >= 0.6 is 0 Å². The highest BCUT2D eigenvalue weighted by molar-refractivity contribution is 5.99. The molecule has 0 aliphatic carbocycles. The van der Waals surface area contributed by atoms with Gasteiger partial charge < -0.3 is 18.9 Å². The number of hydrogen-bond acceptors (Lipinski definition) is 9. The van der Waals surface area contributed by atoms with Crippen LogP contribution in [-0.2, 0) is 22.4 Å². The van der Waals surface area contributed by atoms with Gasteiger partial charge in [0.05, 0.1) is 12.7 Å². The molecule has 2 amide bonds. The Kier molecular flexibility index (Phi) is 9.49. The zero-order valence-electron chi connectivity index (χ0n) is 27.1. The maximum Gasteiger partial charge on any atom is 0.437 e. The second-order valence-electron chi connectivity index (χ2n) is 13.1. The second-order valence-corrected chi connectivity index (χ2v) is 13.1. The molecule has 0 unspecified atom stereocenters. The van der Waals surface area contributed by atoms with Crippen molar-refractivity contribution in [3.8, 4) is 22.6 Å². The van der Waals surface area contributed by atoms with E-state index in [1.54, 1.807) is 46.2 Å². The molecule has 13 heteroatoms. The number of benzene rings is 2. The van der Waals surface area contributed by atoms with Gasteiger partial charge in [0.2, 0.25) is 17.7 Å². The fraction of sp³-hybridized carbons (Fsp3) is 0.424. The van der Waals surface area contributed by atoms with Gasteiger partial charge in [-0.2, -0.15) is 4.98 Å². The van der Waals surface area contributed by atoms with Gasteiger partial charge >= 0.3 is 12.2 Å². The van der Waals surface area contributed by atoms with Gasteiger partial charge in [0.15, 0.2) is 0 Å². The van der Waals surface area contributed by atoms with Gasteiger partial charge in [0, 0.05) is 30.1 Å². The second kappa shape index (κ2) is 13.5. The lowest BCUT2D eigenvalue weighted by Gasteiger charge is -2.28. The minimum atomic E-state index is -0.812. The maximum absolute atomic E-state index is 12.7. The Labute approximate surface area is 268 Å². The third-order valence-electron chi connectivity index (χ3n) is 6.90. The first-order valence-corrected chi connectivity index (χ1v) is 15.3. The summed E-state index contributed by atoms with van der Waals surface area (Å²) in [6.07, 6.45) is 2.37. The Hall–Kier alpha value is -5.07. The molecule has 1 aliphatic heterocycles. The first-order chi connectivity index (χ1) is 21.8. The molecular formula is C33H40N8O5. The van der Waals surface area contributed by atoms with E-state index in [-0.39, 0.29) is 12.0 Å². The Morgan fingerprint density at radius 3 is 2.39 bits per heavy atom. The van der Waals surface area contributed by atoms with E-state index in [4.69, 9.17) is 14.0 Å². The monoisotopic (exact) mass is 628 g/mol. The van der Waals surface area contributed by atoms with Gasteiger partial charge in [0.1, 0.15) is 16.9 Å². The number of rotatable bonds is 6. The third-order valence-corrected chi connectivity index (χ3v) is 6.90. The summed E-state index contributed by atoms with van der Waals surface area (Å²) in [7, 11) is 0. The summed E-state index contributed by atoms with van der Waals surface area (Å²) < 4.78 is 18.2. The van der Waals surface area contributed by atoms with Crippen LogP contribution in [0, 0.1) is 0 Å². The summed E-state index contributed by atoms with van der Waals surface area (Å²) in [6, 6.07) is 17.6. The van der Waals surface area contributed by atoms with Crippen molar-refractivity contribution in [1.82, 2.24) is 35.4 Å². The Balaban J connectivity index is 1.25. The molecule has 0 radical (unpaired) electrons. The SMILES string of the molecule is CC(C)(C)OC(=O)N=C(NC(=O)OC(C)(C)C)N1CCC[C@H]1Cc1nc(-c2ccc(Cn3cc(-c4ccccc4)nn3)cc2)no1. The molecule has 13 nitrogen and oxygen atoms in total. The zero-order valence-corrected chi connectivity index (χ0v) is 27.1. The molecule has 0 bridgehead atoms. The van der Waals surface area contributed by atoms with Crippen LogP contribution in [0.25, 0.3) is 22.6 Å². The first-order valence-electron chi connectivity index (χ1n) is 15.3. The number of aliphatic imine (C=N–C) groups is 1. The van der Waals surface area contributed by atoms with Crippen molar-refractivity contribution in [2.24, 2.45) is 4.99 Å². The van der Waals surface area contributed by atoms with Gasteiger partial charge in [-0.05, 0) is 59.9 Å². The number of nitrogens with one attached hydrogen (secondary N) is 1. The van der Waals surface area contributed by atoms with E-state index in [0.29, 0.717) is 31.2 Å². The highest BCUT2D eigenvalue weighted by Gasteiger charge is 2.32. The molecule has 1 atom stereocenters.